The zero-order valence-electron chi connectivity index (χ0n) is 10.9. The summed E-state index contributed by atoms with van der Waals surface area (Å²) in [5.41, 5.74) is 4.62. The quantitative estimate of drug-likeness (QED) is 0.832. The monoisotopic (exact) mass is 351 g/mol. The van der Waals surface area contributed by atoms with Crippen LogP contribution < -0.4 is 5.73 Å². The molecular formula is C14H17BrF3NO. The summed E-state index contributed by atoms with van der Waals surface area (Å²) in [6.07, 6.45) is -0.386. The van der Waals surface area contributed by atoms with Crippen LogP contribution >= 0.6 is 15.9 Å². The highest BCUT2D eigenvalue weighted by molar-refractivity contribution is 9.10. The molecule has 1 aromatic rings. The Bertz CT molecular complexity index is 496. The Morgan fingerprint density at radius 3 is 2.30 bits per heavy atom. The number of benzene rings is 1. The number of halogens is 4. The van der Waals surface area contributed by atoms with Crippen molar-refractivity contribution in [3.8, 4) is 5.75 Å². The standard InChI is InChI=1S/C14H17BrF3NO/c15-11-6-9(10(7-12(11)20)14(16,17)18)13(8-19)4-2-1-3-5-13/h6-7,20H,1-5,8,19H2. The number of phenols is 1. The van der Waals surface area contributed by atoms with Crippen LogP contribution in [0.3, 0.4) is 0 Å². The van der Waals surface area contributed by atoms with E-state index in [2.05, 4.69) is 15.9 Å². The molecule has 0 aromatic heterocycles. The summed E-state index contributed by atoms with van der Waals surface area (Å²) >= 11 is 3.11. The van der Waals surface area contributed by atoms with Gasteiger partial charge in [0.1, 0.15) is 5.75 Å². The van der Waals surface area contributed by atoms with Gasteiger partial charge in [0.25, 0.3) is 0 Å². The van der Waals surface area contributed by atoms with Crippen LogP contribution in [0.15, 0.2) is 16.6 Å². The molecular weight excluding hydrogens is 335 g/mol. The lowest BCUT2D eigenvalue weighted by Crippen LogP contribution is -2.39. The van der Waals surface area contributed by atoms with Crippen LogP contribution in [0.2, 0.25) is 0 Å². The van der Waals surface area contributed by atoms with Crippen molar-refractivity contribution in [3.05, 3.63) is 27.7 Å². The van der Waals surface area contributed by atoms with E-state index in [1.54, 1.807) is 0 Å². The molecule has 1 fully saturated rings. The lowest BCUT2D eigenvalue weighted by molar-refractivity contribution is -0.139. The highest BCUT2D eigenvalue weighted by Crippen LogP contribution is 2.47. The second-order valence-electron chi connectivity index (χ2n) is 5.39. The average molecular weight is 352 g/mol. The minimum Gasteiger partial charge on any atom is -0.507 e. The first-order chi connectivity index (χ1) is 9.30. The fourth-order valence-electron chi connectivity index (χ4n) is 3.05. The highest BCUT2D eigenvalue weighted by atomic mass is 79.9. The molecule has 0 unspecified atom stereocenters. The van der Waals surface area contributed by atoms with Crippen LogP contribution in [-0.2, 0) is 11.6 Å². The molecule has 0 atom stereocenters. The number of hydrogen-bond donors (Lipinski definition) is 2. The van der Waals surface area contributed by atoms with Crippen LogP contribution in [0.5, 0.6) is 5.75 Å². The van der Waals surface area contributed by atoms with Crippen molar-refractivity contribution in [2.45, 2.75) is 43.7 Å². The van der Waals surface area contributed by atoms with Crippen LogP contribution in [0.25, 0.3) is 0 Å². The normalized spacial score (nSPS) is 19.1. The van der Waals surface area contributed by atoms with Crippen LogP contribution in [-0.4, -0.2) is 11.7 Å². The summed E-state index contributed by atoms with van der Waals surface area (Å²) < 4.78 is 40.0. The molecule has 1 aromatic carbocycles. The number of alkyl halides is 3. The first-order valence-corrected chi connectivity index (χ1v) is 7.40. The molecule has 2 rings (SSSR count). The number of nitrogens with two attached hydrogens (primary N) is 1. The molecule has 1 aliphatic rings. The SMILES string of the molecule is NCC1(c2cc(Br)c(O)cc2C(F)(F)F)CCCCC1. The molecule has 0 spiro atoms. The molecule has 0 amide bonds. The second-order valence-corrected chi connectivity index (χ2v) is 6.25. The molecule has 0 radical (unpaired) electrons. The largest absolute Gasteiger partial charge is 0.507 e. The van der Waals surface area contributed by atoms with Crippen molar-refractivity contribution in [2.75, 3.05) is 6.54 Å². The molecule has 0 saturated heterocycles. The maximum Gasteiger partial charge on any atom is 0.416 e. The zero-order valence-corrected chi connectivity index (χ0v) is 12.5. The van der Waals surface area contributed by atoms with E-state index in [0.29, 0.717) is 12.8 Å². The lowest BCUT2D eigenvalue weighted by Gasteiger charge is -2.38. The van der Waals surface area contributed by atoms with Crippen molar-refractivity contribution in [3.63, 3.8) is 0 Å². The molecule has 20 heavy (non-hydrogen) atoms. The smallest absolute Gasteiger partial charge is 0.416 e. The van der Waals surface area contributed by atoms with Gasteiger partial charge in [-0.3, -0.25) is 0 Å². The Kier molecular flexibility index (Phi) is 4.35. The van der Waals surface area contributed by atoms with Gasteiger partial charge in [0.05, 0.1) is 10.0 Å². The van der Waals surface area contributed by atoms with E-state index in [0.717, 1.165) is 25.3 Å². The molecule has 0 heterocycles. The third-order valence-electron chi connectivity index (χ3n) is 4.17. The summed E-state index contributed by atoms with van der Waals surface area (Å²) in [5.74, 6) is -0.399. The topological polar surface area (TPSA) is 46.2 Å². The van der Waals surface area contributed by atoms with Gasteiger partial charge in [-0.15, -0.1) is 0 Å². The maximum absolute atomic E-state index is 13.3. The van der Waals surface area contributed by atoms with Gasteiger partial charge >= 0.3 is 6.18 Å². The Morgan fingerprint density at radius 1 is 1.20 bits per heavy atom. The van der Waals surface area contributed by atoms with Crippen molar-refractivity contribution in [1.82, 2.24) is 0 Å². The average Bonchev–Trinajstić information content (AvgIpc) is 2.41. The Labute approximate surface area is 124 Å². The molecule has 2 nitrogen and oxygen atoms in total. The Morgan fingerprint density at radius 2 is 1.80 bits per heavy atom. The van der Waals surface area contributed by atoms with E-state index in [-0.39, 0.29) is 16.6 Å². The first-order valence-electron chi connectivity index (χ1n) is 6.60. The van der Waals surface area contributed by atoms with Gasteiger partial charge in [-0.05, 0) is 46.5 Å². The number of rotatable bonds is 2. The summed E-state index contributed by atoms with van der Waals surface area (Å²) in [6.45, 7) is 0.188. The fourth-order valence-corrected chi connectivity index (χ4v) is 3.39. The van der Waals surface area contributed by atoms with Gasteiger partial charge in [-0.1, -0.05) is 19.3 Å². The van der Waals surface area contributed by atoms with Gasteiger partial charge in [-0.2, -0.15) is 13.2 Å². The number of aromatic hydroxyl groups is 1. The fraction of sp³-hybridized carbons (Fsp3) is 0.571. The minimum atomic E-state index is -4.49. The minimum absolute atomic E-state index is 0.188. The third kappa shape index (κ3) is 2.81. The third-order valence-corrected chi connectivity index (χ3v) is 4.80. The summed E-state index contributed by atoms with van der Waals surface area (Å²) in [5, 5.41) is 9.56. The van der Waals surface area contributed by atoms with Crippen molar-refractivity contribution < 1.29 is 18.3 Å². The Balaban J connectivity index is 2.61. The van der Waals surface area contributed by atoms with Gasteiger partial charge < -0.3 is 10.8 Å². The van der Waals surface area contributed by atoms with E-state index in [4.69, 9.17) is 5.73 Å². The van der Waals surface area contributed by atoms with Gasteiger partial charge in [0.2, 0.25) is 0 Å². The van der Waals surface area contributed by atoms with Gasteiger partial charge in [0, 0.05) is 12.0 Å². The molecule has 3 N–H and O–H groups in total. The summed E-state index contributed by atoms with van der Waals surface area (Å²) in [6, 6.07) is 2.18. The van der Waals surface area contributed by atoms with Crippen LogP contribution in [0.4, 0.5) is 13.2 Å². The molecule has 1 aliphatic carbocycles. The van der Waals surface area contributed by atoms with E-state index in [1.807, 2.05) is 0 Å². The number of hydrogen-bond acceptors (Lipinski definition) is 2. The predicted molar refractivity (Wildman–Crippen MR) is 74.6 cm³/mol. The van der Waals surface area contributed by atoms with E-state index < -0.39 is 22.9 Å². The first kappa shape index (κ1) is 15.6. The van der Waals surface area contributed by atoms with E-state index in [1.165, 1.54) is 6.07 Å². The van der Waals surface area contributed by atoms with Gasteiger partial charge in [-0.25, -0.2) is 0 Å². The van der Waals surface area contributed by atoms with Gasteiger partial charge in [0.15, 0.2) is 0 Å². The summed E-state index contributed by atoms with van der Waals surface area (Å²) in [7, 11) is 0. The maximum atomic E-state index is 13.3. The molecule has 6 heteroatoms. The molecule has 112 valence electrons. The lowest BCUT2D eigenvalue weighted by atomic mass is 9.68. The van der Waals surface area contributed by atoms with Crippen LogP contribution in [0, 0.1) is 0 Å². The van der Waals surface area contributed by atoms with E-state index >= 15 is 0 Å². The van der Waals surface area contributed by atoms with Crippen molar-refractivity contribution in [1.29, 1.82) is 0 Å². The van der Waals surface area contributed by atoms with E-state index in [9.17, 15) is 18.3 Å². The summed E-state index contributed by atoms with van der Waals surface area (Å²) in [4.78, 5) is 0. The predicted octanol–water partition coefficient (Wildman–Crippen LogP) is 4.33. The van der Waals surface area contributed by atoms with Crippen molar-refractivity contribution >= 4 is 15.9 Å². The molecule has 0 aliphatic heterocycles. The molecule has 1 saturated carbocycles. The van der Waals surface area contributed by atoms with Crippen molar-refractivity contribution in [2.24, 2.45) is 5.73 Å². The Hall–Kier alpha value is -0.750. The van der Waals surface area contributed by atoms with Crippen LogP contribution in [0.1, 0.15) is 43.2 Å². The molecule has 0 bridgehead atoms. The number of phenolic OH excluding ortho intramolecular Hbond substituents is 1. The highest BCUT2D eigenvalue weighted by Gasteiger charge is 2.42. The zero-order chi connectivity index (χ0) is 15.0. The second kappa shape index (κ2) is 5.56.